The van der Waals surface area contributed by atoms with Crippen LogP contribution in [0.1, 0.15) is 153 Å². The van der Waals surface area contributed by atoms with Crippen LogP contribution in [-0.2, 0) is 4.79 Å². The van der Waals surface area contributed by atoms with Gasteiger partial charge in [0.05, 0.1) is 5.92 Å². The highest BCUT2D eigenvalue weighted by Gasteiger charge is 2.39. The van der Waals surface area contributed by atoms with Crippen LogP contribution in [0.15, 0.2) is 102 Å². The van der Waals surface area contributed by atoms with E-state index >= 15 is 0 Å². The molecule has 0 bridgehead atoms. The number of unbranched alkanes of at least 4 members (excludes halogenated alkanes) is 18. The molecule has 296 valence electrons. The number of ketones is 1. The third-order valence-corrected chi connectivity index (χ3v) is 11.7. The number of carbonyl (C=O) groups is 1. The Morgan fingerprint density at radius 2 is 1.07 bits per heavy atom. The molecule has 0 spiro atoms. The van der Waals surface area contributed by atoms with E-state index in [9.17, 15) is 10.1 Å². The van der Waals surface area contributed by atoms with E-state index in [-0.39, 0.29) is 11.4 Å². The zero-order valence-corrected chi connectivity index (χ0v) is 34.5. The van der Waals surface area contributed by atoms with Crippen LogP contribution in [0.3, 0.4) is 0 Å². The number of para-hydroxylation sites is 2. The molecule has 5 nitrogen and oxygen atoms in total. The smallest absolute Gasteiger partial charge is 0.174 e. The van der Waals surface area contributed by atoms with Gasteiger partial charge in [-0.2, -0.15) is 5.26 Å². The molecule has 1 unspecified atom stereocenters. The van der Waals surface area contributed by atoms with Crippen molar-refractivity contribution in [2.75, 3.05) is 22.9 Å². The molecule has 2 aromatic rings. The van der Waals surface area contributed by atoms with Crippen LogP contribution in [0.4, 0.5) is 11.4 Å². The molecule has 0 radical (unpaired) electrons. The number of anilines is 2. The standard InChI is InChI=1S/C51H66N4O/c1-3-5-7-9-11-13-15-17-19-25-33-54-35-31-41(44-27-21-23-29-48(44)54)37-46-50(43(39-52)40-53)47(51(46)56)38-42-32-36-55(49-30-24-22-28-45(42)49)34-26-20-18-16-14-12-10-8-6-4-2/h21-24,27-32,35-38,46,52H,3-20,25-26,33-34H2,1-2H3/b41-37+,42-38+. The Bertz CT molecular complexity index is 1840. The lowest BCUT2D eigenvalue weighted by atomic mass is 9.71. The highest BCUT2D eigenvalue weighted by atomic mass is 16.1. The van der Waals surface area contributed by atoms with Gasteiger partial charge in [-0.05, 0) is 60.2 Å². The van der Waals surface area contributed by atoms with Crippen molar-refractivity contribution in [2.45, 2.75) is 142 Å². The van der Waals surface area contributed by atoms with Crippen molar-refractivity contribution >= 4 is 34.2 Å². The van der Waals surface area contributed by atoms with E-state index in [1.165, 1.54) is 116 Å². The third-order valence-electron chi connectivity index (χ3n) is 11.7. The largest absolute Gasteiger partial charge is 0.347 e. The second-order valence-corrected chi connectivity index (χ2v) is 15.9. The third kappa shape index (κ3) is 11.7. The Labute approximate surface area is 338 Å². The van der Waals surface area contributed by atoms with E-state index in [1.54, 1.807) is 0 Å². The number of carbonyl (C=O) groups excluding carboxylic acids is 1. The van der Waals surface area contributed by atoms with Crippen LogP contribution >= 0.6 is 0 Å². The Kier molecular flexibility index (Phi) is 17.8. The van der Waals surface area contributed by atoms with Gasteiger partial charge in [-0.15, -0.1) is 0 Å². The second kappa shape index (κ2) is 23.4. The van der Waals surface area contributed by atoms with Crippen molar-refractivity contribution in [1.82, 2.24) is 0 Å². The molecule has 56 heavy (non-hydrogen) atoms. The maximum Gasteiger partial charge on any atom is 0.174 e. The van der Waals surface area contributed by atoms with Gasteiger partial charge >= 0.3 is 0 Å². The number of rotatable bonds is 25. The fourth-order valence-corrected chi connectivity index (χ4v) is 8.43. The molecule has 1 N–H and O–H groups in total. The van der Waals surface area contributed by atoms with Gasteiger partial charge in [0, 0.05) is 59.1 Å². The van der Waals surface area contributed by atoms with Crippen LogP contribution in [0.5, 0.6) is 0 Å². The van der Waals surface area contributed by atoms with E-state index in [0.717, 1.165) is 59.6 Å². The molecule has 2 heterocycles. The number of nitriles is 1. The number of nitrogens with one attached hydrogen (secondary N) is 1. The maximum atomic E-state index is 14.0. The van der Waals surface area contributed by atoms with Crippen LogP contribution in [-0.4, -0.2) is 24.7 Å². The molecule has 0 saturated heterocycles. The number of nitrogens with zero attached hydrogens (tertiary/aromatic N) is 3. The molecule has 2 aromatic carbocycles. The number of hydrogen-bond donors (Lipinski definition) is 1. The molecule has 5 rings (SSSR count). The first-order valence-electron chi connectivity index (χ1n) is 22.1. The summed E-state index contributed by atoms with van der Waals surface area (Å²) in [6.07, 6.45) is 38.6. The van der Waals surface area contributed by atoms with Gasteiger partial charge in [-0.1, -0.05) is 172 Å². The van der Waals surface area contributed by atoms with Gasteiger partial charge < -0.3 is 9.80 Å². The van der Waals surface area contributed by atoms with E-state index in [4.69, 9.17) is 5.41 Å². The van der Waals surface area contributed by atoms with Gasteiger partial charge in [0.15, 0.2) is 5.78 Å². The van der Waals surface area contributed by atoms with Gasteiger partial charge in [0.25, 0.3) is 0 Å². The Balaban J connectivity index is 1.24. The van der Waals surface area contributed by atoms with Gasteiger partial charge in [0.1, 0.15) is 11.6 Å². The first-order chi connectivity index (χ1) is 27.6. The average molecular weight is 751 g/mol. The predicted octanol–water partition coefficient (Wildman–Crippen LogP) is 13.9. The predicted molar refractivity (Wildman–Crippen MR) is 238 cm³/mol. The summed E-state index contributed by atoms with van der Waals surface area (Å²) in [5.41, 5.74) is 7.56. The summed E-state index contributed by atoms with van der Waals surface area (Å²) >= 11 is 0. The summed E-state index contributed by atoms with van der Waals surface area (Å²) in [7, 11) is 0. The topological polar surface area (TPSA) is 71.2 Å². The highest BCUT2D eigenvalue weighted by molar-refractivity contribution is 6.15. The van der Waals surface area contributed by atoms with E-state index in [0.29, 0.717) is 11.1 Å². The minimum atomic E-state index is -0.605. The normalized spacial score (nSPS) is 17.2. The molecule has 0 amide bonds. The molecule has 1 atom stereocenters. The van der Waals surface area contributed by atoms with Crippen LogP contribution < -0.4 is 9.80 Å². The maximum absolute atomic E-state index is 14.0. The molecule has 3 aliphatic rings. The number of fused-ring (bicyclic) bond motifs is 2. The number of Topliss-reactive ketones (excluding diaryl/α,β-unsaturated/α-hetero) is 1. The molecular weight excluding hydrogens is 685 g/mol. The summed E-state index contributed by atoms with van der Waals surface area (Å²) in [4.78, 5) is 18.7. The SMILES string of the molecule is CCCCCCCCCCCCN1C=C/C(=C\C2=C(C(=C=N)C#N)C(/C=C3\C=CN(CCCCCCCCCCCC)c4ccccc43)C2=O)c2ccccc21. The van der Waals surface area contributed by atoms with Crippen LogP contribution in [0, 0.1) is 22.7 Å². The lowest BCUT2D eigenvalue weighted by Crippen LogP contribution is -2.31. The van der Waals surface area contributed by atoms with Gasteiger partial charge in [0.2, 0.25) is 0 Å². The quantitative estimate of drug-likeness (QED) is 0.0623. The summed E-state index contributed by atoms with van der Waals surface area (Å²) in [6, 6.07) is 18.9. The molecule has 0 saturated carbocycles. The van der Waals surface area contributed by atoms with Crippen LogP contribution in [0.2, 0.25) is 0 Å². The molecular formula is C51H66N4O. The van der Waals surface area contributed by atoms with Crippen LogP contribution in [0.25, 0.3) is 11.1 Å². The fraction of sp³-hybridized carbons (Fsp3) is 0.490. The number of allylic oxidation sites excluding steroid dienone is 9. The van der Waals surface area contributed by atoms with Crippen molar-refractivity contribution in [3.63, 3.8) is 0 Å². The Morgan fingerprint density at radius 1 is 0.643 bits per heavy atom. The molecule has 0 aromatic heterocycles. The van der Waals surface area contributed by atoms with Crippen molar-refractivity contribution < 1.29 is 4.79 Å². The zero-order valence-electron chi connectivity index (χ0n) is 34.5. The Morgan fingerprint density at radius 3 is 1.54 bits per heavy atom. The van der Waals surface area contributed by atoms with Crippen molar-refractivity contribution in [1.29, 1.82) is 10.7 Å². The lowest BCUT2D eigenvalue weighted by Gasteiger charge is -2.32. The monoisotopic (exact) mass is 751 g/mol. The number of hydrogen-bond acceptors (Lipinski definition) is 5. The molecule has 0 fully saturated rings. The Hall–Kier alpha value is -4.65. The van der Waals surface area contributed by atoms with Gasteiger partial charge in [-0.3, -0.25) is 10.2 Å². The average Bonchev–Trinajstić information content (AvgIpc) is 3.23. The van der Waals surface area contributed by atoms with Crippen molar-refractivity contribution in [3.05, 3.63) is 113 Å². The summed E-state index contributed by atoms with van der Waals surface area (Å²) in [6.45, 7) is 6.46. The van der Waals surface area contributed by atoms with E-state index in [2.05, 4.69) is 96.5 Å². The minimum absolute atomic E-state index is 0.0275. The molecule has 2 aliphatic heterocycles. The highest BCUT2D eigenvalue weighted by Crippen LogP contribution is 2.43. The van der Waals surface area contributed by atoms with E-state index in [1.807, 2.05) is 24.3 Å². The summed E-state index contributed by atoms with van der Waals surface area (Å²) < 4.78 is 0. The minimum Gasteiger partial charge on any atom is -0.347 e. The van der Waals surface area contributed by atoms with E-state index < -0.39 is 5.92 Å². The number of benzene rings is 2. The first-order valence-corrected chi connectivity index (χ1v) is 22.1. The molecule has 5 heteroatoms. The summed E-state index contributed by atoms with van der Waals surface area (Å²) in [5, 5.41) is 18.0. The second-order valence-electron chi connectivity index (χ2n) is 15.9. The fourth-order valence-electron chi connectivity index (χ4n) is 8.43. The van der Waals surface area contributed by atoms with Gasteiger partial charge in [-0.25, -0.2) is 0 Å². The zero-order chi connectivity index (χ0) is 39.4. The van der Waals surface area contributed by atoms with Crippen molar-refractivity contribution in [3.8, 4) is 6.07 Å². The van der Waals surface area contributed by atoms with Crippen molar-refractivity contribution in [2.24, 2.45) is 5.92 Å². The first kappa shape index (κ1) is 42.5. The summed E-state index contributed by atoms with van der Waals surface area (Å²) in [5.74, 6) is 1.72. The lowest BCUT2D eigenvalue weighted by molar-refractivity contribution is -0.118. The molecule has 1 aliphatic carbocycles.